The molecule has 0 aliphatic heterocycles. The smallest absolute Gasteiger partial charge is 0.417 e. The monoisotopic (exact) mass is 624 g/mol. The topological polar surface area (TPSA) is 118 Å². The van der Waals surface area contributed by atoms with Crippen LogP contribution in [0.1, 0.15) is 43.0 Å². The third-order valence-corrected chi connectivity index (χ3v) is 9.19. The van der Waals surface area contributed by atoms with Crippen molar-refractivity contribution in [1.29, 1.82) is 0 Å². The third-order valence-electron chi connectivity index (χ3n) is 7.87. The lowest BCUT2D eigenvalue weighted by atomic mass is 9.98. The van der Waals surface area contributed by atoms with Crippen LogP contribution in [0.5, 0.6) is 6.08 Å². The van der Waals surface area contributed by atoms with Gasteiger partial charge in [-0.3, -0.25) is 23.2 Å². The normalized spacial score (nSPS) is 13.8. The molecule has 230 valence electrons. The Labute approximate surface area is 262 Å². The van der Waals surface area contributed by atoms with Gasteiger partial charge in [-0.25, -0.2) is 4.79 Å². The highest BCUT2D eigenvalue weighted by molar-refractivity contribution is 7.18. The summed E-state index contributed by atoms with van der Waals surface area (Å²) in [5.41, 5.74) is 2.81. The van der Waals surface area contributed by atoms with Crippen molar-refractivity contribution < 1.29 is 18.8 Å². The molecule has 0 amide bonds. The number of carbonyl (C=O) groups excluding carboxylic acids is 1. The van der Waals surface area contributed by atoms with Crippen LogP contribution in [0.15, 0.2) is 92.2 Å². The highest BCUT2D eigenvalue weighted by Gasteiger charge is 2.28. The zero-order chi connectivity index (χ0) is 31.7. The fourth-order valence-electron chi connectivity index (χ4n) is 5.28. The summed E-state index contributed by atoms with van der Waals surface area (Å²) in [4.78, 5) is 46.9. The lowest BCUT2D eigenvalue weighted by molar-refractivity contribution is -0.116. The highest BCUT2D eigenvalue weighted by Crippen LogP contribution is 2.44. The van der Waals surface area contributed by atoms with Crippen molar-refractivity contribution in [2.24, 2.45) is 0 Å². The molecule has 10 nitrogen and oxygen atoms in total. The molecule has 45 heavy (non-hydrogen) atoms. The van der Waals surface area contributed by atoms with Crippen molar-refractivity contribution in [3.63, 3.8) is 0 Å². The Bertz CT molecular complexity index is 2080. The van der Waals surface area contributed by atoms with E-state index in [0.29, 0.717) is 33.3 Å². The average Bonchev–Trinajstić information content (AvgIpc) is 3.63. The number of fused-ring (bicyclic) bond motifs is 1. The molecule has 11 heteroatoms. The minimum absolute atomic E-state index is 0.0799. The van der Waals surface area contributed by atoms with E-state index in [9.17, 15) is 14.4 Å². The van der Waals surface area contributed by atoms with E-state index in [0.717, 1.165) is 44.5 Å². The molecule has 0 radical (unpaired) electrons. The first kappa shape index (κ1) is 30.0. The predicted octanol–water partition coefficient (Wildman–Crippen LogP) is 5.94. The van der Waals surface area contributed by atoms with Crippen LogP contribution in [0.4, 0.5) is 0 Å². The number of aromatic nitrogens is 4. The lowest BCUT2D eigenvalue weighted by Gasteiger charge is -2.13. The van der Waals surface area contributed by atoms with Gasteiger partial charge in [-0.2, -0.15) is 4.98 Å². The van der Waals surface area contributed by atoms with Gasteiger partial charge in [0.1, 0.15) is 10.6 Å². The fraction of sp³-hybridized carbons (Fsp3) is 0.265. The molecular formula is C34H32N4O6S. The van der Waals surface area contributed by atoms with Gasteiger partial charge in [-0.05, 0) is 55.4 Å². The van der Waals surface area contributed by atoms with Gasteiger partial charge in [0.05, 0.1) is 38.3 Å². The minimum Gasteiger partial charge on any atom is -0.501 e. The summed E-state index contributed by atoms with van der Waals surface area (Å²) in [6.45, 7) is 3.31. The zero-order valence-electron chi connectivity index (χ0n) is 25.4. The van der Waals surface area contributed by atoms with Gasteiger partial charge in [0.25, 0.3) is 5.56 Å². The standard InChI is InChI=1S/C34H32N4O6S/c1-5-8-24(20(2)42-3)28(39)19-37-31(40)27-17-29(23-15-16-23)45-32(27)38(34(37)41)18-21-11-13-22(14-12-21)25-9-6-7-10-26(25)30-35-33(43-4)44-36-30/h5-14,17,23H,15-16,18-19H2,1-4H3/b8-5-,24-20-. The van der Waals surface area contributed by atoms with Crippen LogP contribution in [0, 0.1) is 0 Å². The Hall–Kier alpha value is -5.03. The largest absolute Gasteiger partial charge is 0.501 e. The SMILES string of the molecule is C/C=C\C(C(=O)Cn1c(=O)c2cc(C3CC3)sc2n(Cc2ccc(-c3ccccc3-c3noc(OC)n3)cc2)c1=O)=C(/C)OC. The Balaban J connectivity index is 1.38. The number of rotatable bonds is 11. The predicted molar refractivity (Wildman–Crippen MR) is 173 cm³/mol. The molecule has 0 N–H and O–H groups in total. The number of nitrogens with zero attached hydrogens (tertiary/aromatic N) is 4. The highest BCUT2D eigenvalue weighted by atomic mass is 32.1. The number of benzene rings is 2. The van der Waals surface area contributed by atoms with E-state index in [-0.39, 0.29) is 24.9 Å². The Morgan fingerprint density at radius 1 is 1.07 bits per heavy atom. The Kier molecular flexibility index (Phi) is 8.36. The maximum Gasteiger partial charge on any atom is 0.417 e. The molecule has 3 heterocycles. The van der Waals surface area contributed by atoms with Crippen LogP contribution in [0.3, 0.4) is 0 Å². The van der Waals surface area contributed by atoms with E-state index in [1.54, 1.807) is 30.6 Å². The number of thiophene rings is 1. The lowest BCUT2D eigenvalue weighted by Crippen LogP contribution is -2.41. The Morgan fingerprint density at radius 3 is 2.44 bits per heavy atom. The van der Waals surface area contributed by atoms with E-state index in [1.807, 2.05) is 54.6 Å². The number of Topliss-reactive ketones (excluding diaryl/α,β-unsaturated/α-hetero) is 1. The first-order valence-electron chi connectivity index (χ1n) is 14.6. The minimum atomic E-state index is -0.527. The second-order valence-corrected chi connectivity index (χ2v) is 11.9. The summed E-state index contributed by atoms with van der Waals surface area (Å²) in [6.07, 6.45) is 5.57. The van der Waals surface area contributed by atoms with Crippen LogP contribution in [0.25, 0.3) is 32.7 Å². The number of hydrogen-bond donors (Lipinski definition) is 0. The summed E-state index contributed by atoms with van der Waals surface area (Å²) in [6, 6.07) is 17.5. The van der Waals surface area contributed by atoms with E-state index < -0.39 is 11.2 Å². The Morgan fingerprint density at radius 2 is 1.80 bits per heavy atom. The number of ketones is 1. The molecule has 0 atom stereocenters. The van der Waals surface area contributed by atoms with Crippen molar-refractivity contribution in [1.82, 2.24) is 19.3 Å². The quantitative estimate of drug-likeness (QED) is 0.101. The summed E-state index contributed by atoms with van der Waals surface area (Å²) in [5.74, 6) is 0.860. The molecule has 1 aliphatic rings. The first-order chi connectivity index (χ1) is 21.8. The molecule has 5 aromatic rings. The van der Waals surface area contributed by atoms with Gasteiger partial charge in [0, 0.05) is 10.4 Å². The molecule has 2 aromatic carbocycles. The number of allylic oxidation sites excluding steroid dienone is 4. The first-order valence-corrected chi connectivity index (χ1v) is 15.4. The van der Waals surface area contributed by atoms with E-state index in [1.165, 1.54) is 25.6 Å². The van der Waals surface area contributed by atoms with Crippen molar-refractivity contribution in [2.75, 3.05) is 14.2 Å². The molecule has 3 aromatic heterocycles. The molecule has 6 rings (SSSR count). The summed E-state index contributed by atoms with van der Waals surface area (Å²) in [5, 5.41) is 4.49. The van der Waals surface area contributed by atoms with Crippen LogP contribution >= 0.6 is 11.3 Å². The number of methoxy groups -OCH3 is 2. The molecule has 1 aliphatic carbocycles. The van der Waals surface area contributed by atoms with Crippen molar-refractivity contribution in [2.45, 2.75) is 45.7 Å². The van der Waals surface area contributed by atoms with E-state index >= 15 is 0 Å². The molecule has 0 saturated heterocycles. The summed E-state index contributed by atoms with van der Waals surface area (Å²) >= 11 is 1.49. The molecular weight excluding hydrogens is 592 g/mol. The van der Waals surface area contributed by atoms with Gasteiger partial charge in [-0.1, -0.05) is 65.8 Å². The second kappa shape index (κ2) is 12.5. The van der Waals surface area contributed by atoms with Crippen molar-refractivity contribution in [3.05, 3.63) is 109 Å². The molecule has 0 spiro atoms. The maximum absolute atomic E-state index is 14.0. The van der Waals surface area contributed by atoms with Crippen LogP contribution in [-0.2, 0) is 22.6 Å². The van der Waals surface area contributed by atoms with Crippen LogP contribution < -0.4 is 16.0 Å². The molecule has 0 unspecified atom stereocenters. The molecule has 0 bridgehead atoms. The van der Waals surface area contributed by atoms with Gasteiger partial charge >= 0.3 is 11.8 Å². The van der Waals surface area contributed by atoms with Crippen molar-refractivity contribution >= 4 is 27.3 Å². The second-order valence-electron chi connectivity index (χ2n) is 10.8. The fourth-order valence-corrected chi connectivity index (χ4v) is 6.59. The summed E-state index contributed by atoms with van der Waals surface area (Å²) < 4.78 is 18.1. The van der Waals surface area contributed by atoms with Gasteiger partial charge in [-0.15, -0.1) is 11.3 Å². The number of hydrogen-bond acceptors (Lipinski definition) is 9. The average molecular weight is 625 g/mol. The van der Waals surface area contributed by atoms with Crippen LogP contribution in [0.2, 0.25) is 0 Å². The van der Waals surface area contributed by atoms with Gasteiger partial charge < -0.3 is 9.47 Å². The maximum atomic E-state index is 14.0. The summed E-state index contributed by atoms with van der Waals surface area (Å²) in [7, 11) is 2.95. The zero-order valence-corrected chi connectivity index (χ0v) is 26.2. The third kappa shape index (κ3) is 5.91. The molecule has 1 fully saturated rings. The van der Waals surface area contributed by atoms with E-state index in [2.05, 4.69) is 10.1 Å². The van der Waals surface area contributed by atoms with Crippen LogP contribution in [-0.4, -0.2) is 39.3 Å². The van der Waals surface area contributed by atoms with Crippen molar-refractivity contribution in [3.8, 4) is 28.6 Å². The number of carbonyl (C=O) groups is 1. The van der Waals surface area contributed by atoms with E-state index in [4.69, 9.17) is 14.0 Å². The van der Waals surface area contributed by atoms with Gasteiger partial charge in [0.2, 0.25) is 5.82 Å². The molecule has 1 saturated carbocycles. The van der Waals surface area contributed by atoms with Gasteiger partial charge in [0.15, 0.2) is 5.78 Å². The number of ether oxygens (including phenoxy) is 2.